The van der Waals surface area contributed by atoms with E-state index in [4.69, 9.17) is 4.74 Å². The molecule has 0 saturated heterocycles. The van der Waals surface area contributed by atoms with Crippen LogP contribution in [0.3, 0.4) is 0 Å². The number of rotatable bonds is 7. The minimum Gasteiger partial charge on any atom is -0.481 e. The zero-order chi connectivity index (χ0) is 16.3. The third-order valence-electron chi connectivity index (χ3n) is 3.49. The van der Waals surface area contributed by atoms with Crippen LogP contribution in [0.25, 0.3) is 0 Å². The third-order valence-corrected chi connectivity index (χ3v) is 3.49. The van der Waals surface area contributed by atoms with Crippen LogP contribution in [0.15, 0.2) is 53.7 Å². The van der Waals surface area contributed by atoms with Crippen LogP contribution in [-0.4, -0.2) is 31.6 Å². The number of hydrogen-bond acceptors (Lipinski definition) is 3. The van der Waals surface area contributed by atoms with Gasteiger partial charge in [0.1, 0.15) is 0 Å². The minimum absolute atomic E-state index is 0.620. The number of nitrogens with zero attached hydrogens (tertiary/aromatic N) is 2. The average Bonchev–Trinajstić information content (AvgIpc) is 2.62. The lowest BCUT2D eigenvalue weighted by atomic mass is 10.1. The molecule has 0 spiro atoms. The summed E-state index contributed by atoms with van der Waals surface area (Å²) in [5.74, 6) is 1.42. The van der Waals surface area contributed by atoms with Crippen LogP contribution in [0.4, 0.5) is 0 Å². The Labute approximate surface area is 137 Å². The number of aromatic nitrogens is 1. The largest absolute Gasteiger partial charge is 0.481 e. The zero-order valence-corrected chi connectivity index (χ0v) is 13.7. The van der Waals surface area contributed by atoms with E-state index in [1.165, 1.54) is 5.56 Å². The molecule has 2 N–H and O–H groups in total. The van der Waals surface area contributed by atoms with Crippen molar-refractivity contribution in [3.63, 3.8) is 0 Å². The Morgan fingerprint density at radius 3 is 2.70 bits per heavy atom. The van der Waals surface area contributed by atoms with Gasteiger partial charge in [0.15, 0.2) is 5.96 Å². The highest BCUT2D eigenvalue weighted by Gasteiger charge is 2.04. The standard InChI is InChI=1S/C18H24N4O/c1-19-18(21-13-6-10-15-8-4-3-5-9-15)22-14-16-11-7-12-20-17(16)23-2/h3-5,7-9,11-12H,6,10,13-14H2,1-2H3,(H2,19,21,22). The summed E-state index contributed by atoms with van der Waals surface area (Å²) in [4.78, 5) is 8.42. The van der Waals surface area contributed by atoms with Crippen molar-refractivity contribution in [2.24, 2.45) is 4.99 Å². The highest BCUT2D eigenvalue weighted by atomic mass is 16.5. The Bertz CT molecular complexity index is 613. The highest BCUT2D eigenvalue weighted by molar-refractivity contribution is 5.79. The van der Waals surface area contributed by atoms with E-state index in [9.17, 15) is 0 Å². The van der Waals surface area contributed by atoms with Gasteiger partial charge in [-0.25, -0.2) is 4.98 Å². The van der Waals surface area contributed by atoms with Crippen LogP contribution in [-0.2, 0) is 13.0 Å². The SMILES string of the molecule is CN=C(NCCCc1ccccc1)NCc1cccnc1OC. The number of guanidine groups is 1. The highest BCUT2D eigenvalue weighted by Crippen LogP contribution is 2.12. The molecule has 1 heterocycles. The maximum atomic E-state index is 5.25. The van der Waals surface area contributed by atoms with E-state index in [2.05, 4.69) is 44.9 Å². The first-order chi connectivity index (χ1) is 11.3. The maximum Gasteiger partial charge on any atom is 0.218 e. The van der Waals surface area contributed by atoms with Gasteiger partial charge in [-0.2, -0.15) is 0 Å². The van der Waals surface area contributed by atoms with Crippen molar-refractivity contribution in [3.8, 4) is 5.88 Å². The van der Waals surface area contributed by atoms with Crippen molar-refractivity contribution in [2.75, 3.05) is 20.7 Å². The van der Waals surface area contributed by atoms with Crippen LogP contribution in [0.1, 0.15) is 17.5 Å². The molecule has 23 heavy (non-hydrogen) atoms. The molecule has 1 aromatic heterocycles. The lowest BCUT2D eigenvalue weighted by Crippen LogP contribution is -2.37. The van der Waals surface area contributed by atoms with Crippen LogP contribution in [0.2, 0.25) is 0 Å². The Morgan fingerprint density at radius 2 is 1.96 bits per heavy atom. The van der Waals surface area contributed by atoms with Crippen molar-refractivity contribution in [2.45, 2.75) is 19.4 Å². The number of aryl methyl sites for hydroxylation is 1. The first kappa shape index (κ1) is 16.8. The van der Waals surface area contributed by atoms with Gasteiger partial charge < -0.3 is 15.4 Å². The summed E-state index contributed by atoms with van der Waals surface area (Å²) in [6, 6.07) is 14.4. The number of nitrogens with one attached hydrogen (secondary N) is 2. The number of ether oxygens (including phenoxy) is 1. The molecule has 0 fully saturated rings. The summed E-state index contributed by atoms with van der Waals surface area (Å²) in [5.41, 5.74) is 2.36. The summed E-state index contributed by atoms with van der Waals surface area (Å²) < 4.78 is 5.25. The molecule has 5 nitrogen and oxygen atoms in total. The Morgan fingerprint density at radius 1 is 1.13 bits per heavy atom. The third kappa shape index (κ3) is 5.62. The van der Waals surface area contributed by atoms with Gasteiger partial charge in [0.25, 0.3) is 0 Å². The van der Waals surface area contributed by atoms with E-state index in [0.717, 1.165) is 30.9 Å². The average molecular weight is 312 g/mol. The van der Waals surface area contributed by atoms with Gasteiger partial charge >= 0.3 is 0 Å². The summed E-state index contributed by atoms with van der Waals surface area (Å²) in [6.07, 6.45) is 3.83. The van der Waals surface area contributed by atoms with Crippen molar-refractivity contribution < 1.29 is 4.74 Å². The van der Waals surface area contributed by atoms with Crippen LogP contribution in [0, 0.1) is 0 Å². The molecule has 0 amide bonds. The molecule has 122 valence electrons. The van der Waals surface area contributed by atoms with Gasteiger partial charge in [-0.3, -0.25) is 4.99 Å². The van der Waals surface area contributed by atoms with Crippen molar-refractivity contribution in [3.05, 3.63) is 59.8 Å². The Hall–Kier alpha value is -2.56. The predicted octanol–water partition coefficient (Wildman–Crippen LogP) is 2.39. The number of pyridine rings is 1. The summed E-state index contributed by atoms with van der Waals surface area (Å²) in [7, 11) is 3.40. The first-order valence-corrected chi connectivity index (χ1v) is 7.80. The van der Waals surface area contributed by atoms with E-state index in [0.29, 0.717) is 12.4 Å². The summed E-state index contributed by atoms with van der Waals surface area (Å²) in [5, 5.41) is 6.60. The molecule has 0 atom stereocenters. The fraction of sp³-hybridized carbons (Fsp3) is 0.333. The van der Waals surface area contributed by atoms with Gasteiger partial charge in [0.05, 0.1) is 7.11 Å². The fourth-order valence-corrected chi connectivity index (χ4v) is 2.29. The van der Waals surface area contributed by atoms with Crippen molar-refractivity contribution >= 4 is 5.96 Å². The number of benzene rings is 1. The molecule has 0 aliphatic rings. The Balaban J connectivity index is 1.73. The van der Waals surface area contributed by atoms with Crippen molar-refractivity contribution in [1.29, 1.82) is 0 Å². The van der Waals surface area contributed by atoms with Gasteiger partial charge in [0.2, 0.25) is 5.88 Å². The molecular formula is C18H24N4O. The van der Waals surface area contributed by atoms with E-state index in [1.54, 1.807) is 20.4 Å². The first-order valence-electron chi connectivity index (χ1n) is 7.80. The molecular weight excluding hydrogens is 288 g/mol. The number of methoxy groups -OCH3 is 1. The molecule has 2 rings (SSSR count). The molecule has 0 bridgehead atoms. The van der Waals surface area contributed by atoms with Gasteiger partial charge in [-0.1, -0.05) is 36.4 Å². The molecule has 0 saturated carbocycles. The smallest absolute Gasteiger partial charge is 0.218 e. The topological polar surface area (TPSA) is 58.5 Å². The van der Waals surface area contributed by atoms with Crippen LogP contribution >= 0.6 is 0 Å². The molecule has 1 aromatic carbocycles. The van der Waals surface area contributed by atoms with Gasteiger partial charge in [-0.05, 0) is 24.5 Å². The lowest BCUT2D eigenvalue weighted by molar-refractivity contribution is 0.392. The lowest BCUT2D eigenvalue weighted by Gasteiger charge is -2.13. The number of aliphatic imine (C=N–C) groups is 1. The van der Waals surface area contributed by atoms with Gasteiger partial charge in [0, 0.05) is 31.9 Å². The van der Waals surface area contributed by atoms with Crippen LogP contribution < -0.4 is 15.4 Å². The van der Waals surface area contributed by atoms with Crippen molar-refractivity contribution in [1.82, 2.24) is 15.6 Å². The predicted molar refractivity (Wildman–Crippen MR) is 93.8 cm³/mol. The molecule has 0 unspecified atom stereocenters. The van der Waals surface area contributed by atoms with Crippen LogP contribution in [0.5, 0.6) is 5.88 Å². The quantitative estimate of drug-likeness (QED) is 0.468. The van der Waals surface area contributed by atoms with E-state index in [1.807, 2.05) is 18.2 Å². The Kier molecular flexibility index (Phi) is 6.91. The monoisotopic (exact) mass is 312 g/mol. The molecule has 0 aliphatic heterocycles. The minimum atomic E-state index is 0.620. The van der Waals surface area contributed by atoms with Gasteiger partial charge in [-0.15, -0.1) is 0 Å². The second kappa shape index (κ2) is 9.46. The second-order valence-corrected chi connectivity index (χ2v) is 5.11. The molecule has 5 heteroatoms. The fourth-order valence-electron chi connectivity index (χ4n) is 2.29. The van der Waals surface area contributed by atoms with E-state index in [-0.39, 0.29) is 0 Å². The van der Waals surface area contributed by atoms with E-state index < -0.39 is 0 Å². The molecule has 0 radical (unpaired) electrons. The zero-order valence-electron chi connectivity index (χ0n) is 13.7. The maximum absolute atomic E-state index is 5.25. The normalized spacial score (nSPS) is 11.1. The summed E-state index contributed by atoms with van der Waals surface area (Å²) in [6.45, 7) is 1.49. The second-order valence-electron chi connectivity index (χ2n) is 5.11. The molecule has 0 aliphatic carbocycles. The van der Waals surface area contributed by atoms with E-state index >= 15 is 0 Å². The number of hydrogen-bond donors (Lipinski definition) is 2. The summed E-state index contributed by atoms with van der Waals surface area (Å²) >= 11 is 0. The molecule has 2 aromatic rings.